The summed E-state index contributed by atoms with van der Waals surface area (Å²) in [4.78, 5) is 37.3. The Morgan fingerprint density at radius 1 is 0.978 bits per heavy atom. The lowest BCUT2D eigenvalue weighted by Crippen LogP contribution is -2.65. The third-order valence-electron chi connectivity index (χ3n) is 15.1. The summed E-state index contributed by atoms with van der Waals surface area (Å²) in [5, 5.41) is 3.29. The normalized spacial score (nSPS) is 40.6. The average molecular weight is 618 g/mol. The van der Waals surface area contributed by atoms with E-state index < -0.39 is 11.5 Å². The number of hydrogen-bond acceptors (Lipinski definition) is 5. The van der Waals surface area contributed by atoms with E-state index in [1.54, 1.807) is 5.57 Å². The first-order chi connectivity index (χ1) is 21.0. The van der Waals surface area contributed by atoms with E-state index in [9.17, 15) is 9.59 Å². The van der Waals surface area contributed by atoms with Gasteiger partial charge in [0, 0.05) is 17.8 Å². The van der Waals surface area contributed by atoms with Gasteiger partial charge in [-0.25, -0.2) is 4.79 Å². The zero-order valence-electron chi connectivity index (χ0n) is 29.8. The molecule has 1 N–H and O–H groups in total. The molecule has 248 valence electrons. The third-order valence-corrected chi connectivity index (χ3v) is 15.1. The molecular formula is C39H59N3O3. The van der Waals surface area contributed by atoms with E-state index in [4.69, 9.17) is 14.7 Å². The molecule has 1 heterocycles. The van der Waals surface area contributed by atoms with Crippen LogP contribution in [0.25, 0.3) is 0 Å². The van der Waals surface area contributed by atoms with Crippen molar-refractivity contribution in [2.45, 2.75) is 138 Å². The average Bonchev–Trinajstić information content (AvgIpc) is 2.98. The van der Waals surface area contributed by atoms with Crippen molar-refractivity contribution < 1.29 is 14.3 Å². The van der Waals surface area contributed by atoms with Gasteiger partial charge in [-0.15, -0.1) is 0 Å². The van der Waals surface area contributed by atoms with E-state index in [2.05, 4.69) is 66.8 Å². The van der Waals surface area contributed by atoms with E-state index >= 15 is 0 Å². The first kappa shape index (κ1) is 32.7. The predicted octanol–water partition coefficient (Wildman–Crippen LogP) is 8.00. The number of ether oxygens (including phenoxy) is 1. The summed E-state index contributed by atoms with van der Waals surface area (Å²) in [5.74, 6) is 1.05. The fourth-order valence-electron chi connectivity index (χ4n) is 12.1. The van der Waals surface area contributed by atoms with Gasteiger partial charge in [0.2, 0.25) is 5.91 Å². The van der Waals surface area contributed by atoms with Gasteiger partial charge in [0.15, 0.2) is 0 Å². The van der Waals surface area contributed by atoms with Crippen molar-refractivity contribution in [2.24, 2.45) is 50.7 Å². The van der Waals surface area contributed by atoms with Crippen molar-refractivity contribution in [1.82, 2.24) is 15.3 Å². The van der Waals surface area contributed by atoms with Crippen molar-refractivity contribution in [3.8, 4) is 0 Å². The molecule has 3 saturated carbocycles. The highest BCUT2D eigenvalue weighted by Crippen LogP contribution is 2.75. The minimum Gasteiger partial charge on any atom is -0.467 e. The number of amides is 1. The summed E-state index contributed by atoms with van der Waals surface area (Å²) in [6, 6.07) is -0.608. The van der Waals surface area contributed by atoms with Crippen molar-refractivity contribution in [3.63, 3.8) is 0 Å². The number of carbonyl (C=O) groups excluding carboxylic acids is 2. The largest absolute Gasteiger partial charge is 0.467 e. The Balaban J connectivity index is 1.41. The molecule has 5 aliphatic carbocycles. The van der Waals surface area contributed by atoms with Gasteiger partial charge < -0.3 is 10.1 Å². The van der Waals surface area contributed by atoms with Crippen LogP contribution in [0.2, 0.25) is 0 Å². The second-order valence-corrected chi connectivity index (χ2v) is 18.0. The zero-order valence-corrected chi connectivity index (χ0v) is 29.8. The van der Waals surface area contributed by atoms with E-state index in [0.29, 0.717) is 11.8 Å². The molecule has 0 radical (unpaired) electrons. The summed E-state index contributed by atoms with van der Waals surface area (Å²) < 4.78 is 5.18. The Bertz CT molecular complexity index is 1400. The van der Waals surface area contributed by atoms with Crippen molar-refractivity contribution >= 4 is 11.9 Å². The minimum atomic E-state index is -0.608. The van der Waals surface area contributed by atoms with Crippen LogP contribution in [-0.4, -0.2) is 35.0 Å². The number of esters is 1. The maximum Gasteiger partial charge on any atom is 0.328 e. The molecule has 5 aliphatic rings. The van der Waals surface area contributed by atoms with E-state index in [0.717, 1.165) is 51.4 Å². The maximum absolute atomic E-state index is 14.6. The number of allylic oxidation sites excluding steroid dienone is 2. The van der Waals surface area contributed by atoms with Gasteiger partial charge >= 0.3 is 5.97 Å². The van der Waals surface area contributed by atoms with Crippen LogP contribution in [0.15, 0.2) is 24.0 Å². The molecule has 6 rings (SSSR count). The second-order valence-electron chi connectivity index (χ2n) is 18.0. The molecule has 45 heavy (non-hydrogen) atoms. The molecule has 0 unspecified atom stereocenters. The molecule has 1 aromatic heterocycles. The number of nitrogens with zero attached hydrogens (tertiary/aromatic N) is 2. The van der Waals surface area contributed by atoms with Crippen LogP contribution in [0.5, 0.6) is 0 Å². The molecule has 1 aromatic rings. The van der Waals surface area contributed by atoms with Crippen LogP contribution in [0, 0.1) is 50.7 Å². The highest BCUT2D eigenvalue weighted by atomic mass is 16.5. The summed E-state index contributed by atoms with van der Waals surface area (Å²) in [5.41, 5.74) is 3.91. The van der Waals surface area contributed by atoms with Crippen LogP contribution in [-0.2, 0) is 26.2 Å². The second kappa shape index (κ2) is 10.6. The lowest BCUT2D eigenvalue weighted by atomic mass is 9.33. The molecule has 0 bridgehead atoms. The molecule has 3 fully saturated rings. The predicted molar refractivity (Wildman–Crippen MR) is 178 cm³/mol. The topological polar surface area (TPSA) is 81.2 Å². The van der Waals surface area contributed by atoms with E-state index in [1.165, 1.54) is 31.3 Å². The van der Waals surface area contributed by atoms with Crippen molar-refractivity contribution in [2.75, 3.05) is 7.11 Å². The highest BCUT2D eigenvalue weighted by Gasteiger charge is 2.69. The van der Waals surface area contributed by atoms with Gasteiger partial charge in [-0.1, -0.05) is 80.4 Å². The molecule has 6 nitrogen and oxygen atoms in total. The summed E-state index contributed by atoms with van der Waals surface area (Å²) in [7, 11) is 1.43. The molecule has 0 aromatic carbocycles. The Labute approximate surface area is 272 Å². The molecule has 1 amide bonds. The molecule has 0 spiro atoms. The Kier molecular flexibility index (Phi) is 7.73. The third kappa shape index (κ3) is 4.53. The Hall–Kier alpha value is -2.24. The molecule has 0 saturated heterocycles. The number of nitrogens with one attached hydrogen (secondary N) is 1. The smallest absolute Gasteiger partial charge is 0.328 e. The molecule has 9 atom stereocenters. The van der Waals surface area contributed by atoms with Crippen LogP contribution < -0.4 is 5.32 Å². The SMILES string of the molecule is CC[C@H](C)[C@H](NC(=O)[C@]12CCC(C)(C)C[C@H]1C1=CC[C@@H]3[C@@]4(C)Cc5nccnc5C(C)(C)[C@@H]4CC[C@@]3(C)[C@]1(C)CC2)C(=O)OC. The minimum absolute atomic E-state index is 0.0121. The number of methoxy groups -OCH3 is 1. The van der Waals surface area contributed by atoms with Gasteiger partial charge in [0.05, 0.1) is 23.9 Å². The maximum atomic E-state index is 14.6. The van der Waals surface area contributed by atoms with E-state index in [1.807, 2.05) is 19.3 Å². The highest BCUT2D eigenvalue weighted by molar-refractivity contribution is 5.89. The fourth-order valence-corrected chi connectivity index (χ4v) is 12.1. The van der Waals surface area contributed by atoms with Crippen molar-refractivity contribution in [3.05, 3.63) is 35.4 Å². The Morgan fingerprint density at radius 3 is 2.36 bits per heavy atom. The van der Waals surface area contributed by atoms with Gasteiger partial charge in [-0.05, 0) is 103 Å². The van der Waals surface area contributed by atoms with Crippen LogP contribution in [0.1, 0.15) is 131 Å². The first-order valence-corrected chi connectivity index (χ1v) is 17.9. The zero-order chi connectivity index (χ0) is 32.8. The first-order valence-electron chi connectivity index (χ1n) is 17.9. The number of rotatable bonds is 5. The quantitative estimate of drug-likeness (QED) is 0.268. The number of fused-ring (bicyclic) bond motifs is 8. The lowest BCUT2D eigenvalue weighted by Gasteiger charge is -2.70. The van der Waals surface area contributed by atoms with Gasteiger partial charge in [-0.2, -0.15) is 0 Å². The summed E-state index contributed by atoms with van der Waals surface area (Å²) in [6.45, 7) is 21.5. The lowest BCUT2D eigenvalue weighted by molar-refractivity contribution is -0.169. The van der Waals surface area contributed by atoms with Crippen molar-refractivity contribution in [1.29, 1.82) is 0 Å². The number of carbonyl (C=O) groups is 2. The fraction of sp³-hybridized carbons (Fsp3) is 0.795. The molecule has 6 heteroatoms. The van der Waals surface area contributed by atoms with Gasteiger partial charge in [-0.3, -0.25) is 14.8 Å². The van der Waals surface area contributed by atoms with Crippen LogP contribution in [0.3, 0.4) is 0 Å². The molecular weight excluding hydrogens is 558 g/mol. The van der Waals surface area contributed by atoms with Crippen LogP contribution in [0.4, 0.5) is 0 Å². The number of aromatic nitrogens is 2. The molecule has 0 aliphatic heterocycles. The summed E-state index contributed by atoms with van der Waals surface area (Å²) >= 11 is 0. The standard InChI is InChI=1S/C39H59N3O3/c1-11-24(2)30(32(43)45-10)42-33(44)39-18-16-34(3,4)22-26(39)25-12-13-29-36(7)23-27-31(41-21-20-40-27)35(5,6)28(36)14-15-38(29,9)37(25,8)17-19-39/h12,20-21,24,26,28-30H,11,13-19,22-23H2,1-10H3,(H,42,44)/t24-,26-,28-,29+,30-,36-,37+,38+,39-/m0/s1. The van der Waals surface area contributed by atoms with E-state index in [-0.39, 0.29) is 50.8 Å². The Morgan fingerprint density at radius 2 is 1.67 bits per heavy atom. The van der Waals surface area contributed by atoms with Gasteiger partial charge in [0.1, 0.15) is 6.04 Å². The van der Waals surface area contributed by atoms with Gasteiger partial charge in [0.25, 0.3) is 0 Å². The van der Waals surface area contributed by atoms with Crippen LogP contribution >= 0.6 is 0 Å². The number of hydrogen-bond donors (Lipinski definition) is 1. The monoisotopic (exact) mass is 617 g/mol. The summed E-state index contributed by atoms with van der Waals surface area (Å²) in [6.07, 6.45) is 16.5.